The Labute approximate surface area is 210 Å². The second kappa shape index (κ2) is 9.83. The van der Waals surface area contributed by atoms with Gasteiger partial charge in [0.2, 0.25) is 0 Å². The lowest BCUT2D eigenvalue weighted by atomic mass is 10.1. The maximum atomic E-state index is 13.2. The highest BCUT2D eigenvalue weighted by molar-refractivity contribution is 9.10. The van der Waals surface area contributed by atoms with E-state index >= 15 is 0 Å². The van der Waals surface area contributed by atoms with Crippen LogP contribution in [-0.2, 0) is 16.2 Å². The standard InChI is InChI=1S/C26H20BrClN2O4/c1-15-9-16(2)11-17(10-15)14-34-23-8-3-19(27)12-18(23)13-22-24(31)29-26(33)30(25(22)32)21-6-4-20(28)5-7-21/h3-13H,14H2,1-2H3,(H,29,31,33)/b22-13+. The maximum Gasteiger partial charge on any atom is 0.335 e. The van der Waals surface area contributed by atoms with Crippen molar-refractivity contribution in [2.24, 2.45) is 0 Å². The van der Waals surface area contributed by atoms with Crippen LogP contribution >= 0.6 is 27.5 Å². The molecule has 0 saturated carbocycles. The predicted molar refractivity (Wildman–Crippen MR) is 135 cm³/mol. The number of carbonyl (C=O) groups is 3. The Hall–Kier alpha value is -3.42. The molecule has 1 fully saturated rings. The Balaban J connectivity index is 1.67. The van der Waals surface area contributed by atoms with Gasteiger partial charge in [-0.1, -0.05) is 56.9 Å². The van der Waals surface area contributed by atoms with Crippen LogP contribution in [-0.4, -0.2) is 17.8 Å². The number of hydrogen-bond donors (Lipinski definition) is 1. The van der Waals surface area contributed by atoms with Crippen LogP contribution in [0.2, 0.25) is 5.02 Å². The van der Waals surface area contributed by atoms with E-state index in [1.165, 1.54) is 18.2 Å². The van der Waals surface area contributed by atoms with Crippen LogP contribution in [0.5, 0.6) is 5.75 Å². The first-order chi connectivity index (χ1) is 16.2. The number of anilines is 1. The van der Waals surface area contributed by atoms with Crippen molar-refractivity contribution in [2.75, 3.05) is 4.90 Å². The molecule has 0 spiro atoms. The normalized spacial score (nSPS) is 15.0. The number of urea groups is 1. The smallest absolute Gasteiger partial charge is 0.335 e. The first kappa shape index (κ1) is 23.7. The van der Waals surface area contributed by atoms with E-state index in [-0.39, 0.29) is 5.57 Å². The van der Waals surface area contributed by atoms with Crippen LogP contribution in [0.15, 0.2) is 70.7 Å². The van der Waals surface area contributed by atoms with Crippen LogP contribution in [0.25, 0.3) is 6.08 Å². The SMILES string of the molecule is Cc1cc(C)cc(COc2ccc(Br)cc2/C=C2\C(=O)NC(=O)N(c3ccc(Cl)cc3)C2=O)c1. The van der Waals surface area contributed by atoms with Crippen LogP contribution in [0.1, 0.15) is 22.3 Å². The number of nitrogens with zero attached hydrogens (tertiary/aromatic N) is 1. The zero-order chi connectivity index (χ0) is 24.4. The number of rotatable bonds is 5. The van der Waals surface area contributed by atoms with Crippen molar-refractivity contribution in [1.82, 2.24) is 5.32 Å². The average molecular weight is 540 g/mol. The van der Waals surface area contributed by atoms with Gasteiger partial charge in [-0.05, 0) is 68.0 Å². The molecule has 1 saturated heterocycles. The lowest BCUT2D eigenvalue weighted by molar-refractivity contribution is -0.122. The molecule has 4 amide bonds. The molecular weight excluding hydrogens is 520 g/mol. The van der Waals surface area contributed by atoms with Crippen LogP contribution in [0.4, 0.5) is 10.5 Å². The van der Waals surface area contributed by atoms with Gasteiger partial charge >= 0.3 is 6.03 Å². The highest BCUT2D eigenvalue weighted by atomic mass is 79.9. The molecule has 1 N–H and O–H groups in total. The summed E-state index contributed by atoms with van der Waals surface area (Å²) >= 11 is 9.34. The first-order valence-electron chi connectivity index (χ1n) is 10.4. The van der Waals surface area contributed by atoms with Gasteiger partial charge in [0, 0.05) is 15.1 Å². The van der Waals surface area contributed by atoms with E-state index in [0.29, 0.717) is 28.6 Å². The molecule has 6 nitrogen and oxygen atoms in total. The molecule has 1 aliphatic rings. The fraction of sp³-hybridized carbons (Fsp3) is 0.115. The van der Waals surface area contributed by atoms with Crippen molar-refractivity contribution < 1.29 is 19.1 Å². The lowest BCUT2D eigenvalue weighted by Gasteiger charge is -2.26. The highest BCUT2D eigenvalue weighted by Crippen LogP contribution is 2.29. The number of ether oxygens (including phenoxy) is 1. The molecule has 8 heteroatoms. The molecule has 1 aliphatic heterocycles. The first-order valence-corrected chi connectivity index (χ1v) is 11.5. The maximum absolute atomic E-state index is 13.2. The lowest BCUT2D eigenvalue weighted by Crippen LogP contribution is -2.54. The Morgan fingerprint density at radius 1 is 0.971 bits per heavy atom. The summed E-state index contributed by atoms with van der Waals surface area (Å²) in [5, 5.41) is 2.68. The number of amides is 4. The molecule has 0 radical (unpaired) electrons. The van der Waals surface area contributed by atoms with E-state index in [1.54, 1.807) is 24.3 Å². The van der Waals surface area contributed by atoms with E-state index in [0.717, 1.165) is 26.1 Å². The molecule has 0 aliphatic carbocycles. The van der Waals surface area contributed by atoms with Crippen LogP contribution in [0.3, 0.4) is 0 Å². The van der Waals surface area contributed by atoms with E-state index in [2.05, 4.69) is 27.3 Å². The summed E-state index contributed by atoms with van der Waals surface area (Å²) in [7, 11) is 0. The third-order valence-corrected chi connectivity index (χ3v) is 5.88. The number of halogens is 2. The van der Waals surface area contributed by atoms with Crippen molar-refractivity contribution in [2.45, 2.75) is 20.5 Å². The topological polar surface area (TPSA) is 75.7 Å². The minimum absolute atomic E-state index is 0.191. The van der Waals surface area contributed by atoms with Gasteiger partial charge in [-0.15, -0.1) is 0 Å². The van der Waals surface area contributed by atoms with Crippen molar-refractivity contribution in [1.29, 1.82) is 0 Å². The molecule has 172 valence electrons. The van der Waals surface area contributed by atoms with Crippen molar-refractivity contribution >= 4 is 57.1 Å². The van der Waals surface area contributed by atoms with Gasteiger partial charge in [-0.2, -0.15) is 0 Å². The van der Waals surface area contributed by atoms with E-state index in [9.17, 15) is 14.4 Å². The second-order valence-corrected chi connectivity index (χ2v) is 9.25. The zero-order valence-electron chi connectivity index (χ0n) is 18.4. The monoisotopic (exact) mass is 538 g/mol. The Kier molecular flexibility index (Phi) is 6.86. The molecular formula is C26H20BrClN2O4. The molecule has 4 rings (SSSR count). The van der Waals surface area contributed by atoms with Gasteiger partial charge in [0.05, 0.1) is 5.69 Å². The van der Waals surface area contributed by atoms with Crippen molar-refractivity contribution in [3.63, 3.8) is 0 Å². The van der Waals surface area contributed by atoms with Gasteiger partial charge in [-0.3, -0.25) is 14.9 Å². The molecule has 3 aromatic rings. The summed E-state index contributed by atoms with van der Waals surface area (Å²) in [6.07, 6.45) is 1.43. The third-order valence-electron chi connectivity index (χ3n) is 5.13. The summed E-state index contributed by atoms with van der Waals surface area (Å²) in [5.74, 6) is -1.03. The van der Waals surface area contributed by atoms with Crippen LogP contribution in [0, 0.1) is 13.8 Å². The minimum Gasteiger partial charge on any atom is -0.488 e. The molecule has 1 heterocycles. The average Bonchev–Trinajstić information content (AvgIpc) is 2.76. The zero-order valence-corrected chi connectivity index (χ0v) is 20.7. The fourth-order valence-corrected chi connectivity index (χ4v) is 4.22. The van der Waals surface area contributed by atoms with E-state index in [1.807, 2.05) is 32.0 Å². The molecule has 0 aromatic heterocycles. The Morgan fingerprint density at radius 3 is 2.32 bits per heavy atom. The van der Waals surface area contributed by atoms with Gasteiger partial charge in [-0.25, -0.2) is 9.69 Å². The number of aryl methyl sites for hydroxylation is 2. The van der Waals surface area contributed by atoms with Gasteiger partial charge in [0.1, 0.15) is 17.9 Å². The number of barbiturate groups is 1. The summed E-state index contributed by atoms with van der Waals surface area (Å²) in [5.41, 5.74) is 3.89. The summed E-state index contributed by atoms with van der Waals surface area (Å²) in [6.45, 7) is 4.36. The Bertz CT molecular complexity index is 1310. The summed E-state index contributed by atoms with van der Waals surface area (Å²) in [6, 6.07) is 16.8. The van der Waals surface area contributed by atoms with Gasteiger partial charge in [0.25, 0.3) is 11.8 Å². The van der Waals surface area contributed by atoms with Gasteiger partial charge < -0.3 is 4.74 Å². The van der Waals surface area contributed by atoms with Crippen molar-refractivity contribution in [3.05, 3.63) is 98.0 Å². The minimum atomic E-state index is -0.824. The number of nitrogens with one attached hydrogen (secondary N) is 1. The van der Waals surface area contributed by atoms with E-state index < -0.39 is 17.8 Å². The summed E-state index contributed by atoms with van der Waals surface area (Å²) < 4.78 is 6.79. The number of imide groups is 2. The van der Waals surface area contributed by atoms with Gasteiger partial charge in [0.15, 0.2) is 0 Å². The number of carbonyl (C=O) groups excluding carboxylic acids is 3. The second-order valence-electron chi connectivity index (χ2n) is 7.90. The van der Waals surface area contributed by atoms with E-state index in [4.69, 9.17) is 16.3 Å². The molecule has 0 bridgehead atoms. The summed E-state index contributed by atoms with van der Waals surface area (Å²) in [4.78, 5) is 39.1. The quantitative estimate of drug-likeness (QED) is 0.320. The number of benzene rings is 3. The fourth-order valence-electron chi connectivity index (χ4n) is 3.71. The third kappa shape index (κ3) is 5.21. The molecule has 3 aromatic carbocycles. The van der Waals surface area contributed by atoms with Crippen LogP contribution < -0.4 is 15.0 Å². The molecule has 0 unspecified atom stereocenters. The van der Waals surface area contributed by atoms with Crippen molar-refractivity contribution in [3.8, 4) is 5.75 Å². The molecule has 0 atom stereocenters. The Morgan fingerprint density at radius 2 is 1.65 bits per heavy atom. The predicted octanol–water partition coefficient (Wildman–Crippen LogP) is 5.96. The number of hydrogen-bond acceptors (Lipinski definition) is 4. The highest BCUT2D eigenvalue weighted by Gasteiger charge is 2.37. The largest absolute Gasteiger partial charge is 0.488 e. The molecule has 34 heavy (non-hydrogen) atoms.